The second kappa shape index (κ2) is 7.13. The lowest BCUT2D eigenvalue weighted by Gasteiger charge is -2.28. The number of rotatable bonds is 4. The van der Waals surface area contributed by atoms with Crippen molar-refractivity contribution in [2.45, 2.75) is 18.9 Å². The van der Waals surface area contributed by atoms with E-state index >= 15 is 0 Å². The number of allylic oxidation sites excluding steroid dienone is 1. The maximum Gasteiger partial charge on any atom is 0.417 e. The van der Waals surface area contributed by atoms with Crippen molar-refractivity contribution >= 4 is 12.0 Å². The number of carbonyl (C=O) groups excluding carboxylic acids is 2. The molecule has 2 aromatic carbocycles. The van der Waals surface area contributed by atoms with Crippen LogP contribution in [0.2, 0.25) is 0 Å². The molecule has 1 atom stereocenters. The molecule has 1 aliphatic heterocycles. The van der Waals surface area contributed by atoms with Crippen molar-refractivity contribution < 1.29 is 14.3 Å². The van der Waals surface area contributed by atoms with E-state index in [-0.39, 0.29) is 24.5 Å². The molecule has 1 heterocycles. The van der Waals surface area contributed by atoms with Crippen LogP contribution in [0.15, 0.2) is 72.8 Å². The highest BCUT2D eigenvalue weighted by atomic mass is 16.6. The molecule has 0 bridgehead atoms. The van der Waals surface area contributed by atoms with Gasteiger partial charge in [-0.05, 0) is 24.1 Å². The molecule has 2 aromatic rings. The number of benzene rings is 2. The third-order valence-electron chi connectivity index (χ3n) is 4.15. The first-order valence-electron chi connectivity index (χ1n) is 7.95. The first-order chi connectivity index (χ1) is 11.7. The molecule has 122 valence electrons. The highest BCUT2D eigenvalue weighted by Crippen LogP contribution is 2.34. The van der Waals surface area contributed by atoms with E-state index in [4.69, 9.17) is 4.74 Å². The van der Waals surface area contributed by atoms with Crippen LogP contribution in [-0.4, -0.2) is 29.5 Å². The van der Waals surface area contributed by atoms with Gasteiger partial charge in [0.15, 0.2) is 0 Å². The van der Waals surface area contributed by atoms with Crippen LogP contribution in [0.1, 0.15) is 24.0 Å². The Morgan fingerprint density at radius 3 is 2.12 bits per heavy atom. The fourth-order valence-electron chi connectivity index (χ4n) is 3.12. The van der Waals surface area contributed by atoms with Crippen molar-refractivity contribution in [3.63, 3.8) is 0 Å². The summed E-state index contributed by atoms with van der Waals surface area (Å²) in [5.74, 6) is -0.477. The van der Waals surface area contributed by atoms with E-state index in [9.17, 15) is 9.59 Å². The maximum absolute atomic E-state index is 12.4. The lowest BCUT2D eigenvalue weighted by molar-refractivity contribution is -0.124. The Kier molecular flexibility index (Phi) is 4.75. The smallest absolute Gasteiger partial charge is 0.417 e. The standard InChI is InChI=1S/C20H19NO3/c1-2-9-18(22)21-17(14-24-20(21)23)19(15-10-5-3-6-11-15)16-12-7-4-8-13-16/h2-13,17,19H,14H2,1H3/b9-2+/t17-/m0/s1. The second-order valence-electron chi connectivity index (χ2n) is 5.65. The normalized spacial score (nSPS) is 17.5. The molecule has 24 heavy (non-hydrogen) atoms. The lowest BCUT2D eigenvalue weighted by Crippen LogP contribution is -2.41. The second-order valence-corrected chi connectivity index (χ2v) is 5.65. The molecule has 1 saturated heterocycles. The number of ether oxygens (including phenoxy) is 1. The fraction of sp³-hybridized carbons (Fsp3) is 0.200. The van der Waals surface area contributed by atoms with Crippen LogP contribution in [0, 0.1) is 0 Å². The molecule has 0 saturated carbocycles. The summed E-state index contributed by atoms with van der Waals surface area (Å²) in [5.41, 5.74) is 2.09. The molecule has 4 nitrogen and oxygen atoms in total. The van der Waals surface area contributed by atoms with E-state index in [2.05, 4.69) is 0 Å². The van der Waals surface area contributed by atoms with Gasteiger partial charge in [-0.3, -0.25) is 4.79 Å². The first-order valence-corrected chi connectivity index (χ1v) is 7.95. The fourth-order valence-corrected chi connectivity index (χ4v) is 3.12. The Hall–Kier alpha value is -2.88. The molecule has 1 aliphatic rings. The zero-order valence-corrected chi connectivity index (χ0v) is 13.5. The van der Waals surface area contributed by atoms with E-state index in [1.807, 2.05) is 60.7 Å². The van der Waals surface area contributed by atoms with Crippen LogP contribution in [0.3, 0.4) is 0 Å². The summed E-state index contributed by atoms with van der Waals surface area (Å²) in [4.78, 5) is 25.7. The third-order valence-corrected chi connectivity index (χ3v) is 4.15. The monoisotopic (exact) mass is 321 g/mol. The van der Waals surface area contributed by atoms with E-state index in [1.54, 1.807) is 13.0 Å². The molecule has 0 aliphatic carbocycles. The number of amides is 2. The minimum atomic E-state index is -0.583. The Labute approximate surface area is 141 Å². The molecule has 0 aromatic heterocycles. The summed E-state index contributed by atoms with van der Waals surface area (Å²) in [6.45, 7) is 1.94. The summed E-state index contributed by atoms with van der Waals surface area (Å²) < 4.78 is 5.20. The minimum Gasteiger partial charge on any atom is -0.447 e. The Morgan fingerprint density at radius 2 is 1.62 bits per heavy atom. The van der Waals surface area contributed by atoms with Gasteiger partial charge in [-0.25, -0.2) is 9.69 Å². The van der Waals surface area contributed by atoms with Gasteiger partial charge in [0.1, 0.15) is 6.61 Å². The van der Waals surface area contributed by atoms with Gasteiger partial charge < -0.3 is 4.74 Å². The molecule has 0 N–H and O–H groups in total. The van der Waals surface area contributed by atoms with Crippen LogP contribution in [0.5, 0.6) is 0 Å². The van der Waals surface area contributed by atoms with Crippen molar-refractivity contribution in [1.82, 2.24) is 4.90 Å². The minimum absolute atomic E-state index is 0.131. The van der Waals surface area contributed by atoms with Crippen molar-refractivity contribution in [2.75, 3.05) is 6.61 Å². The van der Waals surface area contributed by atoms with E-state index in [1.165, 1.54) is 11.0 Å². The molecule has 0 spiro atoms. The predicted molar refractivity (Wildman–Crippen MR) is 91.5 cm³/mol. The molecular formula is C20H19NO3. The Bertz CT molecular complexity index is 700. The van der Waals surface area contributed by atoms with Gasteiger partial charge in [0.05, 0.1) is 6.04 Å². The van der Waals surface area contributed by atoms with Gasteiger partial charge in [-0.15, -0.1) is 0 Å². The largest absolute Gasteiger partial charge is 0.447 e. The van der Waals surface area contributed by atoms with Crippen LogP contribution in [0.4, 0.5) is 4.79 Å². The van der Waals surface area contributed by atoms with Crippen molar-refractivity contribution in [3.05, 3.63) is 83.9 Å². The maximum atomic E-state index is 12.4. The highest BCUT2D eigenvalue weighted by molar-refractivity contribution is 6.00. The molecule has 3 rings (SSSR count). The van der Waals surface area contributed by atoms with Crippen molar-refractivity contribution in [1.29, 1.82) is 0 Å². The summed E-state index contributed by atoms with van der Waals surface area (Å²) in [7, 11) is 0. The van der Waals surface area contributed by atoms with Gasteiger partial charge in [0.2, 0.25) is 0 Å². The highest BCUT2D eigenvalue weighted by Gasteiger charge is 2.42. The van der Waals surface area contributed by atoms with Crippen molar-refractivity contribution in [2.24, 2.45) is 0 Å². The number of hydrogen-bond acceptors (Lipinski definition) is 3. The average molecular weight is 321 g/mol. The summed E-state index contributed by atoms with van der Waals surface area (Å²) in [6, 6.07) is 19.4. The number of imide groups is 1. The SMILES string of the molecule is C/C=C/C(=O)N1C(=O)OC[C@H]1C(c1ccccc1)c1ccccc1. The zero-order chi connectivity index (χ0) is 16.9. The first kappa shape index (κ1) is 16.0. The predicted octanol–water partition coefficient (Wildman–Crippen LogP) is 3.74. The van der Waals surface area contributed by atoms with Gasteiger partial charge in [-0.1, -0.05) is 66.7 Å². The molecule has 0 radical (unpaired) electrons. The summed E-state index contributed by atoms with van der Waals surface area (Å²) in [5, 5.41) is 0. The van der Waals surface area contributed by atoms with Gasteiger partial charge in [-0.2, -0.15) is 0 Å². The number of nitrogens with zero attached hydrogens (tertiary/aromatic N) is 1. The number of cyclic esters (lactones) is 1. The Morgan fingerprint density at radius 1 is 1.08 bits per heavy atom. The van der Waals surface area contributed by atoms with Gasteiger partial charge in [0, 0.05) is 5.92 Å². The lowest BCUT2D eigenvalue weighted by atomic mass is 9.85. The third kappa shape index (κ3) is 3.08. The quantitative estimate of drug-likeness (QED) is 0.806. The molecule has 1 fully saturated rings. The average Bonchev–Trinajstić information content (AvgIpc) is 2.99. The van der Waals surface area contributed by atoms with Crippen LogP contribution < -0.4 is 0 Å². The summed E-state index contributed by atoms with van der Waals surface area (Å²) in [6.07, 6.45) is 2.44. The van der Waals surface area contributed by atoms with Crippen LogP contribution in [0.25, 0.3) is 0 Å². The topological polar surface area (TPSA) is 46.6 Å². The van der Waals surface area contributed by atoms with Crippen LogP contribution in [-0.2, 0) is 9.53 Å². The number of carbonyl (C=O) groups is 2. The summed E-state index contributed by atoms with van der Waals surface area (Å²) >= 11 is 0. The van der Waals surface area contributed by atoms with E-state index in [0.717, 1.165) is 11.1 Å². The zero-order valence-electron chi connectivity index (χ0n) is 13.5. The van der Waals surface area contributed by atoms with Gasteiger partial charge >= 0.3 is 6.09 Å². The molecular weight excluding hydrogens is 302 g/mol. The Balaban J connectivity index is 2.05. The van der Waals surface area contributed by atoms with E-state index < -0.39 is 6.09 Å². The molecule has 0 unspecified atom stereocenters. The van der Waals surface area contributed by atoms with Gasteiger partial charge in [0.25, 0.3) is 5.91 Å². The van der Waals surface area contributed by atoms with E-state index in [0.29, 0.717) is 0 Å². The number of hydrogen-bond donors (Lipinski definition) is 0. The molecule has 2 amide bonds. The molecule has 4 heteroatoms. The van der Waals surface area contributed by atoms with Crippen LogP contribution >= 0.6 is 0 Å². The van der Waals surface area contributed by atoms with Crippen molar-refractivity contribution in [3.8, 4) is 0 Å².